The number of halogens is 1. The number of aromatic nitrogens is 2. The summed E-state index contributed by atoms with van der Waals surface area (Å²) in [5.41, 5.74) is 0.472. The molecular weight excluding hydrogens is 208 g/mol. The Morgan fingerprint density at radius 2 is 2.08 bits per heavy atom. The van der Waals surface area contributed by atoms with Crippen molar-refractivity contribution >= 4 is 34.7 Å². The van der Waals surface area contributed by atoms with Gasteiger partial charge in [-0.3, -0.25) is 9.78 Å². The molecule has 5 heteroatoms. The second-order valence-corrected chi connectivity index (χ2v) is 3.44. The fourth-order valence-electron chi connectivity index (χ4n) is 1.14. The van der Waals surface area contributed by atoms with Gasteiger partial charge in [0, 0.05) is 5.02 Å². The van der Waals surface area contributed by atoms with E-state index in [1.807, 2.05) is 0 Å². The van der Waals surface area contributed by atoms with Crippen LogP contribution in [0.4, 0.5) is 0 Å². The summed E-state index contributed by atoms with van der Waals surface area (Å²) in [5, 5.41) is 1.05. The zero-order valence-electron chi connectivity index (χ0n) is 6.43. The SMILES string of the molecule is O=c1[nH]c(=S)[nH]c2ccc(Cl)cc12. The van der Waals surface area contributed by atoms with Crippen LogP contribution < -0.4 is 5.56 Å². The van der Waals surface area contributed by atoms with E-state index in [0.717, 1.165) is 0 Å². The molecule has 0 aliphatic carbocycles. The van der Waals surface area contributed by atoms with Gasteiger partial charge in [-0.2, -0.15) is 0 Å². The monoisotopic (exact) mass is 212 g/mol. The smallest absolute Gasteiger partial charge is 0.259 e. The minimum atomic E-state index is -0.221. The zero-order chi connectivity index (χ0) is 9.42. The van der Waals surface area contributed by atoms with Crippen molar-refractivity contribution in [3.05, 3.63) is 38.3 Å². The lowest BCUT2D eigenvalue weighted by Gasteiger charge is -1.96. The Morgan fingerprint density at radius 3 is 2.85 bits per heavy atom. The van der Waals surface area contributed by atoms with E-state index in [-0.39, 0.29) is 5.56 Å². The van der Waals surface area contributed by atoms with E-state index in [9.17, 15) is 4.79 Å². The summed E-state index contributed by atoms with van der Waals surface area (Å²) in [6.45, 7) is 0. The van der Waals surface area contributed by atoms with Gasteiger partial charge in [-0.1, -0.05) is 11.6 Å². The van der Waals surface area contributed by atoms with Gasteiger partial charge in [0.1, 0.15) is 0 Å². The molecule has 0 saturated heterocycles. The highest BCUT2D eigenvalue weighted by atomic mass is 35.5. The molecule has 13 heavy (non-hydrogen) atoms. The number of H-pyrrole nitrogens is 2. The van der Waals surface area contributed by atoms with Crippen LogP contribution >= 0.6 is 23.8 Å². The Kier molecular flexibility index (Phi) is 1.94. The van der Waals surface area contributed by atoms with Crippen LogP contribution in [-0.4, -0.2) is 9.97 Å². The molecule has 0 atom stereocenters. The minimum absolute atomic E-state index is 0.221. The van der Waals surface area contributed by atoms with Crippen molar-refractivity contribution in [1.29, 1.82) is 0 Å². The third kappa shape index (κ3) is 1.50. The van der Waals surface area contributed by atoms with Crippen LogP contribution in [0.15, 0.2) is 23.0 Å². The van der Waals surface area contributed by atoms with Crippen molar-refractivity contribution in [3.63, 3.8) is 0 Å². The topological polar surface area (TPSA) is 48.6 Å². The molecule has 0 aliphatic rings. The average Bonchev–Trinajstić information content (AvgIpc) is 2.06. The second kappa shape index (κ2) is 2.97. The maximum Gasteiger partial charge on any atom is 0.259 e. The Labute approximate surface area is 83.4 Å². The fourth-order valence-corrected chi connectivity index (χ4v) is 1.51. The van der Waals surface area contributed by atoms with E-state index in [2.05, 4.69) is 9.97 Å². The van der Waals surface area contributed by atoms with E-state index >= 15 is 0 Å². The zero-order valence-corrected chi connectivity index (χ0v) is 8.00. The molecule has 2 aromatic rings. The third-order valence-corrected chi connectivity index (χ3v) is 2.14. The third-order valence-electron chi connectivity index (χ3n) is 1.70. The Balaban J connectivity index is 3.04. The van der Waals surface area contributed by atoms with Crippen molar-refractivity contribution in [2.45, 2.75) is 0 Å². The first-order valence-electron chi connectivity index (χ1n) is 3.59. The summed E-state index contributed by atoms with van der Waals surface area (Å²) in [6, 6.07) is 5.03. The number of rotatable bonds is 0. The highest BCUT2D eigenvalue weighted by molar-refractivity contribution is 7.71. The van der Waals surface area contributed by atoms with Crippen molar-refractivity contribution in [2.75, 3.05) is 0 Å². The quantitative estimate of drug-likeness (QED) is 0.658. The molecule has 66 valence electrons. The van der Waals surface area contributed by atoms with Crippen molar-refractivity contribution < 1.29 is 0 Å². The first-order valence-corrected chi connectivity index (χ1v) is 4.37. The number of benzene rings is 1. The first kappa shape index (κ1) is 8.47. The maximum absolute atomic E-state index is 11.4. The van der Waals surface area contributed by atoms with Crippen LogP contribution in [0.3, 0.4) is 0 Å². The van der Waals surface area contributed by atoms with E-state index in [1.54, 1.807) is 18.2 Å². The largest absolute Gasteiger partial charge is 0.332 e. The van der Waals surface area contributed by atoms with E-state index in [0.29, 0.717) is 20.7 Å². The van der Waals surface area contributed by atoms with Crippen molar-refractivity contribution in [1.82, 2.24) is 9.97 Å². The molecule has 0 amide bonds. The number of hydrogen-bond acceptors (Lipinski definition) is 2. The molecule has 2 rings (SSSR count). The molecule has 1 heterocycles. The van der Waals surface area contributed by atoms with Crippen LogP contribution in [0.1, 0.15) is 0 Å². The van der Waals surface area contributed by atoms with E-state index in [1.165, 1.54) is 0 Å². The van der Waals surface area contributed by atoms with E-state index < -0.39 is 0 Å². The summed E-state index contributed by atoms with van der Waals surface area (Å²) >= 11 is 10.6. The van der Waals surface area contributed by atoms with Gasteiger partial charge in [-0.05, 0) is 30.4 Å². The molecule has 0 fully saturated rings. The standard InChI is InChI=1S/C8H5ClN2OS/c9-4-1-2-6-5(3-4)7(12)11-8(13)10-6/h1-3H,(H2,10,11,12,13). The molecule has 1 aromatic heterocycles. The second-order valence-electron chi connectivity index (χ2n) is 2.60. The maximum atomic E-state index is 11.4. The number of nitrogens with one attached hydrogen (secondary N) is 2. The van der Waals surface area contributed by atoms with Gasteiger partial charge < -0.3 is 4.98 Å². The van der Waals surface area contributed by atoms with Crippen LogP contribution in [0.5, 0.6) is 0 Å². The van der Waals surface area contributed by atoms with Gasteiger partial charge in [0.15, 0.2) is 4.77 Å². The lowest BCUT2D eigenvalue weighted by molar-refractivity contribution is 1.14. The predicted molar refractivity (Wildman–Crippen MR) is 54.8 cm³/mol. The summed E-state index contributed by atoms with van der Waals surface area (Å²) in [4.78, 5) is 16.7. The molecular formula is C8H5ClN2OS. The van der Waals surface area contributed by atoms with E-state index in [4.69, 9.17) is 23.8 Å². The molecule has 1 aromatic carbocycles. The van der Waals surface area contributed by atoms with Gasteiger partial charge in [-0.25, -0.2) is 0 Å². The highest BCUT2D eigenvalue weighted by Crippen LogP contribution is 2.13. The molecule has 2 N–H and O–H groups in total. The average molecular weight is 213 g/mol. The Hall–Kier alpha value is -1.13. The van der Waals surface area contributed by atoms with Gasteiger partial charge in [-0.15, -0.1) is 0 Å². The van der Waals surface area contributed by atoms with Crippen LogP contribution in [-0.2, 0) is 0 Å². The molecule has 0 bridgehead atoms. The normalized spacial score (nSPS) is 10.5. The van der Waals surface area contributed by atoms with Crippen molar-refractivity contribution in [3.8, 4) is 0 Å². The lowest BCUT2D eigenvalue weighted by atomic mass is 10.2. The van der Waals surface area contributed by atoms with Gasteiger partial charge >= 0.3 is 0 Å². The highest BCUT2D eigenvalue weighted by Gasteiger charge is 1.98. The predicted octanol–water partition coefficient (Wildman–Crippen LogP) is 2.24. The molecule has 0 aliphatic heterocycles. The molecule has 0 saturated carbocycles. The Morgan fingerprint density at radius 1 is 1.31 bits per heavy atom. The first-order chi connectivity index (χ1) is 6.16. The van der Waals surface area contributed by atoms with Gasteiger partial charge in [0.2, 0.25) is 0 Å². The summed E-state index contributed by atoms with van der Waals surface area (Å²) in [6.07, 6.45) is 0. The molecule has 0 spiro atoms. The number of fused-ring (bicyclic) bond motifs is 1. The fraction of sp³-hybridized carbons (Fsp3) is 0. The lowest BCUT2D eigenvalue weighted by Crippen LogP contribution is -2.07. The van der Waals surface area contributed by atoms with Gasteiger partial charge in [0.05, 0.1) is 10.9 Å². The van der Waals surface area contributed by atoms with Crippen LogP contribution in [0.25, 0.3) is 10.9 Å². The molecule has 0 radical (unpaired) electrons. The van der Waals surface area contributed by atoms with Gasteiger partial charge in [0.25, 0.3) is 5.56 Å². The summed E-state index contributed by atoms with van der Waals surface area (Å²) < 4.78 is 0.319. The van der Waals surface area contributed by atoms with Crippen molar-refractivity contribution in [2.24, 2.45) is 0 Å². The summed E-state index contributed by atoms with van der Waals surface area (Å²) in [5.74, 6) is 0. The van der Waals surface area contributed by atoms with Crippen LogP contribution in [0, 0.1) is 4.77 Å². The number of hydrogen-bond donors (Lipinski definition) is 2. The Bertz CT molecular complexity index is 572. The molecule has 0 unspecified atom stereocenters. The summed E-state index contributed by atoms with van der Waals surface area (Å²) in [7, 11) is 0. The number of aromatic amines is 2. The van der Waals surface area contributed by atoms with Crippen LogP contribution in [0.2, 0.25) is 5.02 Å². The molecule has 3 nitrogen and oxygen atoms in total. The minimum Gasteiger partial charge on any atom is -0.332 e.